The van der Waals surface area contributed by atoms with Crippen molar-refractivity contribution in [3.05, 3.63) is 60.0 Å². The molecule has 1 aromatic carbocycles. The van der Waals surface area contributed by atoms with Gasteiger partial charge in [0, 0.05) is 42.2 Å². The third-order valence-corrected chi connectivity index (χ3v) is 5.25. The third kappa shape index (κ3) is 3.04. The Morgan fingerprint density at radius 3 is 2.84 bits per heavy atom. The Kier molecular flexibility index (Phi) is 4.48. The van der Waals surface area contributed by atoms with E-state index >= 15 is 4.39 Å². The molecule has 0 fully saturated rings. The number of amides is 1. The quantitative estimate of drug-likeness (QED) is 0.406. The maximum absolute atomic E-state index is 15.6. The van der Waals surface area contributed by atoms with Crippen molar-refractivity contribution in [2.24, 2.45) is 0 Å². The highest BCUT2D eigenvalue weighted by Gasteiger charge is 2.25. The molecule has 11 heteroatoms. The number of carbonyl (C=O) groups excluding carboxylic acids is 1. The van der Waals surface area contributed by atoms with Crippen LogP contribution in [0.5, 0.6) is 0 Å². The summed E-state index contributed by atoms with van der Waals surface area (Å²) >= 11 is 6.54. The van der Waals surface area contributed by atoms with Crippen LogP contribution in [0.1, 0.15) is 0 Å². The zero-order chi connectivity index (χ0) is 21.5. The van der Waals surface area contributed by atoms with E-state index in [0.29, 0.717) is 45.9 Å². The maximum Gasteiger partial charge on any atom is 0.229 e. The fraction of sp³-hybridized carbons (Fsp3) is 0.0500. The Hall–Kier alpha value is -4.05. The van der Waals surface area contributed by atoms with Gasteiger partial charge in [-0.1, -0.05) is 11.6 Å². The Bertz CT molecular complexity index is 1430. The van der Waals surface area contributed by atoms with Crippen molar-refractivity contribution in [2.45, 2.75) is 0 Å². The molecule has 0 aliphatic carbocycles. The summed E-state index contributed by atoms with van der Waals surface area (Å²) in [5.74, 6) is 0.0892. The fourth-order valence-electron chi connectivity index (χ4n) is 3.53. The van der Waals surface area contributed by atoms with Crippen molar-refractivity contribution in [3.8, 4) is 11.1 Å². The number of benzene rings is 1. The van der Waals surface area contributed by atoms with Gasteiger partial charge < -0.3 is 14.6 Å². The summed E-state index contributed by atoms with van der Waals surface area (Å²) in [5, 5.41) is 10.1. The van der Waals surface area contributed by atoms with Crippen LogP contribution in [0.4, 0.5) is 21.8 Å². The monoisotopic (exact) mass is 436 g/mol. The van der Waals surface area contributed by atoms with E-state index in [0.717, 1.165) is 0 Å². The second kappa shape index (κ2) is 7.33. The van der Waals surface area contributed by atoms with Gasteiger partial charge in [-0.25, -0.2) is 19.3 Å². The van der Waals surface area contributed by atoms with Crippen LogP contribution in [0.2, 0.25) is 5.02 Å². The van der Waals surface area contributed by atoms with Crippen molar-refractivity contribution in [1.82, 2.24) is 29.5 Å². The highest BCUT2D eigenvalue weighted by molar-refractivity contribution is 6.36. The fourth-order valence-corrected chi connectivity index (χ4v) is 3.83. The normalized spacial score (nSPS) is 11.2. The first-order valence-corrected chi connectivity index (χ1v) is 9.50. The van der Waals surface area contributed by atoms with Crippen LogP contribution in [0, 0.1) is 5.82 Å². The van der Waals surface area contributed by atoms with Crippen LogP contribution in [0.25, 0.3) is 27.7 Å². The van der Waals surface area contributed by atoms with E-state index in [2.05, 4.69) is 30.5 Å². The van der Waals surface area contributed by atoms with Crippen molar-refractivity contribution in [1.29, 1.82) is 0 Å². The number of imidazole rings is 1. The summed E-state index contributed by atoms with van der Waals surface area (Å²) in [6, 6.07) is 5.21. The number of carbonyl (C=O) groups is 1. The largest absolute Gasteiger partial charge is 0.312 e. The first-order valence-electron chi connectivity index (χ1n) is 9.12. The lowest BCUT2D eigenvalue weighted by atomic mass is 10.0. The highest BCUT2D eigenvalue weighted by atomic mass is 35.5. The van der Waals surface area contributed by atoms with Gasteiger partial charge in [0.15, 0.2) is 11.6 Å². The first kappa shape index (κ1) is 18.9. The Balaban J connectivity index is 1.71. The number of H-pyrrole nitrogens is 1. The number of nitrogens with zero attached hydrogens (tertiary/aromatic N) is 6. The number of hydrogen-bond donors (Lipinski definition) is 2. The van der Waals surface area contributed by atoms with Crippen molar-refractivity contribution in [3.63, 3.8) is 0 Å². The minimum atomic E-state index is -0.627. The topological polar surface area (TPSA) is 104 Å². The molecule has 0 saturated carbocycles. The van der Waals surface area contributed by atoms with Crippen molar-refractivity contribution >= 4 is 52.0 Å². The van der Waals surface area contributed by atoms with Gasteiger partial charge in [-0.15, -0.1) is 0 Å². The highest BCUT2D eigenvalue weighted by Crippen LogP contribution is 2.43. The molecule has 0 unspecified atom stereocenters. The molecule has 0 aliphatic rings. The van der Waals surface area contributed by atoms with Crippen LogP contribution in [0.3, 0.4) is 0 Å². The van der Waals surface area contributed by atoms with E-state index in [-0.39, 0.29) is 10.7 Å². The molecule has 5 rings (SSSR count). The summed E-state index contributed by atoms with van der Waals surface area (Å²) in [4.78, 5) is 24.8. The lowest BCUT2D eigenvalue weighted by Gasteiger charge is -2.20. The molecule has 9 nitrogen and oxygen atoms in total. The molecular weight excluding hydrogens is 423 g/mol. The van der Waals surface area contributed by atoms with E-state index in [9.17, 15) is 4.79 Å². The minimum Gasteiger partial charge on any atom is -0.312 e. The summed E-state index contributed by atoms with van der Waals surface area (Å²) in [6.07, 6.45) is 8.70. The number of rotatable bonds is 5. The standard InChI is InChI=1S/C20H14ClFN8O/c1-29(20-23-5-2-6-24-20)19-17(22)16(21)15(12-7-26-28-18(12)19)11-3-4-14-27-13(25-10-31)9-30(14)8-11/h2-10H,1H3,(H,25,31)(H,26,28). The van der Waals surface area contributed by atoms with E-state index in [1.807, 2.05) is 0 Å². The van der Waals surface area contributed by atoms with Gasteiger partial charge in [0.1, 0.15) is 11.3 Å². The molecule has 0 atom stereocenters. The van der Waals surface area contributed by atoms with E-state index < -0.39 is 5.82 Å². The van der Waals surface area contributed by atoms with Crippen LogP contribution in [0.15, 0.2) is 49.2 Å². The number of halogens is 2. The summed E-state index contributed by atoms with van der Waals surface area (Å²) < 4.78 is 17.3. The molecule has 4 heterocycles. The Morgan fingerprint density at radius 1 is 1.26 bits per heavy atom. The number of hydrogen-bond acceptors (Lipinski definition) is 6. The molecule has 0 spiro atoms. The van der Waals surface area contributed by atoms with E-state index in [1.165, 1.54) is 4.90 Å². The van der Waals surface area contributed by atoms with E-state index in [4.69, 9.17) is 11.6 Å². The van der Waals surface area contributed by atoms with Crippen LogP contribution in [-0.4, -0.2) is 43.0 Å². The number of anilines is 3. The van der Waals surface area contributed by atoms with Gasteiger partial charge in [0.25, 0.3) is 0 Å². The summed E-state index contributed by atoms with van der Waals surface area (Å²) in [6.45, 7) is 0. The van der Waals surface area contributed by atoms with Crippen LogP contribution < -0.4 is 10.2 Å². The number of aromatic amines is 1. The minimum absolute atomic E-state index is 0.0580. The molecule has 1 amide bonds. The molecule has 2 N–H and O–H groups in total. The smallest absolute Gasteiger partial charge is 0.229 e. The number of fused-ring (bicyclic) bond motifs is 2. The third-order valence-electron chi connectivity index (χ3n) is 4.90. The van der Waals surface area contributed by atoms with Gasteiger partial charge in [0.05, 0.1) is 22.9 Å². The zero-order valence-corrected chi connectivity index (χ0v) is 16.8. The SMILES string of the molecule is CN(c1ncccn1)c1c(F)c(Cl)c(-c2ccc3nc(NC=O)cn3c2)c2cn[nH]c12. The predicted molar refractivity (Wildman–Crippen MR) is 115 cm³/mol. The lowest BCUT2D eigenvalue weighted by molar-refractivity contribution is -0.105. The predicted octanol–water partition coefficient (Wildman–Crippen LogP) is 3.80. The Labute approximate surface area is 179 Å². The molecule has 4 aromatic heterocycles. The first-order chi connectivity index (χ1) is 15.1. The molecular formula is C20H14ClFN8O. The van der Waals surface area contributed by atoms with Crippen LogP contribution >= 0.6 is 11.6 Å². The molecule has 0 saturated heterocycles. The average molecular weight is 437 g/mol. The van der Waals surface area contributed by atoms with Crippen LogP contribution in [-0.2, 0) is 4.79 Å². The van der Waals surface area contributed by atoms with Gasteiger partial charge in [-0.05, 0) is 18.2 Å². The number of aromatic nitrogens is 6. The van der Waals surface area contributed by atoms with Gasteiger partial charge in [-0.3, -0.25) is 9.89 Å². The second-order valence-corrected chi connectivity index (χ2v) is 7.07. The molecule has 154 valence electrons. The number of pyridine rings is 1. The number of nitrogens with one attached hydrogen (secondary N) is 2. The second-order valence-electron chi connectivity index (χ2n) is 6.69. The molecule has 0 aliphatic heterocycles. The molecule has 0 bridgehead atoms. The molecule has 5 aromatic rings. The van der Waals surface area contributed by atoms with Crippen molar-refractivity contribution < 1.29 is 9.18 Å². The Morgan fingerprint density at radius 2 is 2.06 bits per heavy atom. The zero-order valence-electron chi connectivity index (χ0n) is 16.0. The average Bonchev–Trinajstić information content (AvgIpc) is 3.41. The lowest BCUT2D eigenvalue weighted by Crippen LogP contribution is -2.15. The summed E-state index contributed by atoms with van der Waals surface area (Å²) in [7, 11) is 1.66. The maximum atomic E-state index is 15.6. The molecule has 31 heavy (non-hydrogen) atoms. The van der Waals surface area contributed by atoms with E-state index in [1.54, 1.807) is 60.6 Å². The van der Waals surface area contributed by atoms with Gasteiger partial charge >= 0.3 is 0 Å². The van der Waals surface area contributed by atoms with Crippen molar-refractivity contribution in [2.75, 3.05) is 17.3 Å². The van der Waals surface area contributed by atoms with Gasteiger partial charge in [-0.2, -0.15) is 5.10 Å². The van der Waals surface area contributed by atoms with Gasteiger partial charge in [0.2, 0.25) is 12.4 Å². The summed E-state index contributed by atoms with van der Waals surface area (Å²) in [5.41, 5.74) is 2.40. The molecule has 0 radical (unpaired) electrons.